The Kier molecular flexibility index (Phi) is 8.82. The summed E-state index contributed by atoms with van der Waals surface area (Å²) in [6.45, 7) is 16.8. The smallest absolute Gasteiger partial charge is 0.413 e. The lowest BCUT2D eigenvalue weighted by atomic mass is 10.1. The van der Waals surface area contributed by atoms with E-state index in [1.807, 2.05) is 39.8 Å². The third-order valence-corrected chi connectivity index (χ3v) is 7.56. The van der Waals surface area contributed by atoms with Crippen molar-refractivity contribution in [3.8, 4) is 26.9 Å². The van der Waals surface area contributed by atoms with E-state index in [0.717, 1.165) is 17.1 Å². The average Bonchev–Trinajstić information content (AvgIpc) is 3.39. The number of carbonyl (C=O) groups excluding carboxylic acids is 1. The van der Waals surface area contributed by atoms with E-state index in [9.17, 15) is 4.79 Å². The first-order valence-electron chi connectivity index (χ1n) is 13.5. The van der Waals surface area contributed by atoms with Crippen molar-refractivity contribution in [2.24, 2.45) is 0 Å². The Morgan fingerprint density at radius 2 is 1.90 bits per heavy atom. The van der Waals surface area contributed by atoms with Gasteiger partial charge in [-0.05, 0) is 80.5 Å². The molecule has 3 heterocycles. The van der Waals surface area contributed by atoms with Crippen LogP contribution in [0.5, 0.6) is 5.75 Å². The summed E-state index contributed by atoms with van der Waals surface area (Å²) in [7, 11) is 0. The Labute approximate surface area is 249 Å². The highest BCUT2D eigenvalue weighted by Gasteiger charge is 2.50. The van der Waals surface area contributed by atoms with Crippen molar-refractivity contribution < 1.29 is 23.4 Å². The number of rotatable bonds is 7. The summed E-state index contributed by atoms with van der Waals surface area (Å²) in [4.78, 5) is 19.0. The van der Waals surface area contributed by atoms with Gasteiger partial charge >= 0.3 is 6.09 Å². The number of amides is 1. The van der Waals surface area contributed by atoms with Crippen molar-refractivity contribution >= 4 is 34.8 Å². The zero-order chi connectivity index (χ0) is 30.3. The number of hydrogen-bond donors (Lipinski definition) is 1. The maximum Gasteiger partial charge on any atom is 0.413 e. The number of nitrogens with one attached hydrogen (secondary N) is 1. The van der Waals surface area contributed by atoms with Gasteiger partial charge in [-0.3, -0.25) is 4.90 Å². The maximum absolute atomic E-state index is 15.3. The quantitative estimate of drug-likeness (QED) is 0.299. The van der Waals surface area contributed by atoms with Crippen LogP contribution in [0.2, 0.25) is 5.02 Å². The summed E-state index contributed by atoms with van der Waals surface area (Å²) in [6, 6.07) is 6.24. The van der Waals surface area contributed by atoms with Gasteiger partial charge in [-0.1, -0.05) is 22.9 Å². The fourth-order valence-electron chi connectivity index (χ4n) is 4.66. The molecule has 0 radical (unpaired) electrons. The molecule has 1 fully saturated rings. The average molecular weight is 606 g/mol. The van der Waals surface area contributed by atoms with Crippen molar-refractivity contribution in [1.29, 1.82) is 0 Å². The number of nitrogens with zero attached hydrogens (tertiary/aromatic N) is 4. The Bertz CT molecular complexity index is 1420. The van der Waals surface area contributed by atoms with Gasteiger partial charge in [0, 0.05) is 28.9 Å². The molecule has 1 N–H and O–H groups in total. The molecule has 2 atom stereocenters. The molecule has 3 aromatic rings. The first-order chi connectivity index (χ1) is 19.0. The molecule has 0 saturated carbocycles. The first-order valence-corrected chi connectivity index (χ1v) is 14.6. The van der Waals surface area contributed by atoms with Crippen LogP contribution in [0, 0.1) is 12.7 Å². The highest BCUT2D eigenvalue weighted by atomic mass is 35.5. The summed E-state index contributed by atoms with van der Waals surface area (Å²) >= 11 is 7.88. The van der Waals surface area contributed by atoms with E-state index in [-0.39, 0.29) is 29.5 Å². The van der Waals surface area contributed by atoms with Gasteiger partial charge in [0.05, 0.1) is 17.2 Å². The zero-order valence-corrected chi connectivity index (χ0v) is 26.4. The van der Waals surface area contributed by atoms with Gasteiger partial charge in [-0.15, -0.1) is 10.2 Å². The van der Waals surface area contributed by atoms with Crippen LogP contribution in [0.15, 0.2) is 24.3 Å². The lowest BCUT2D eigenvalue weighted by molar-refractivity contribution is -0.0760. The number of benzene rings is 1. The van der Waals surface area contributed by atoms with E-state index >= 15 is 4.39 Å². The van der Waals surface area contributed by atoms with Gasteiger partial charge in [0.15, 0.2) is 11.6 Å². The van der Waals surface area contributed by atoms with Crippen LogP contribution in [-0.2, 0) is 9.47 Å². The molecule has 1 aromatic carbocycles. The third kappa shape index (κ3) is 7.25. The van der Waals surface area contributed by atoms with Gasteiger partial charge in [-0.2, -0.15) is 0 Å². The van der Waals surface area contributed by atoms with Crippen molar-refractivity contribution in [3.05, 3.63) is 40.8 Å². The summed E-state index contributed by atoms with van der Waals surface area (Å²) < 4.78 is 32.8. The topological polar surface area (TPSA) is 98.7 Å². The number of aryl methyl sites for hydroxylation is 1. The Morgan fingerprint density at radius 1 is 1.22 bits per heavy atom. The number of halogens is 2. The number of aromatic nitrogens is 3. The van der Waals surface area contributed by atoms with Crippen LogP contribution in [-0.4, -0.2) is 62.3 Å². The Hall–Kier alpha value is -3.02. The molecule has 0 aliphatic carbocycles. The predicted octanol–water partition coefficient (Wildman–Crippen LogP) is 7.33. The minimum Gasteiger partial charge on any atom is -0.488 e. The van der Waals surface area contributed by atoms with Crippen LogP contribution < -0.4 is 10.1 Å². The second-order valence-electron chi connectivity index (χ2n) is 11.9. The van der Waals surface area contributed by atoms with Crippen molar-refractivity contribution in [1.82, 2.24) is 20.1 Å². The van der Waals surface area contributed by atoms with Gasteiger partial charge in [0.25, 0.3) is 0 Å². The second kappa shape index (κ2) is 11.7. The van der Waals surface area contributed by atoms with Crippen LogP contribution >= 0.6 is 22.9 Å². The summed E-state index contributed by atoms with van der Waals surface area (Å²) in [5.41, 5.74) is 0.480. The molecule has 1 amide bonds. The highest BCUT2D eigenvalue weighted by molar-refractivity contribution is 7.18. The zero-order valence-electron chi connectivity index (χ0n) is 24.8. The largest absolute Gasteiger partial charge is 0.488 e. The number of anilines is 1. The van der Waals surface area contributed by atoms with E-state index in [2.05, 4.69) is 20.5 Å². The summed E-state index contributed by atoms with van der Waals surface area (Å²) in [5, 5.41) is 13.3. The Morgan fingerprint density at radius 3 is 2.56 bits per heavy atom. The first kappa shape index (κ1) is 30.9. The molecule has 41 heavy (non-hydrogen) atoms. The second-order valence-corrected chi connectivity index (χ2v) is 13.2. The fraction of sp³-hybridized carbons (Fsp3) is 0.517. The molecule has 9 nitrogen and oxygen atoms in total. The molecule has 0 bridgehead atoms. The Balaban J connectivity index is 1.53. The number of carbonyl (C=O) groups is 1. The van der Waals surface area contributed by atoms with E-state index in [0.29, 0.717) is 15.6 Å². The molecular weight excluding hydrogens is 569 g/mol. The van der Waals surface area contributed by atoms with Gasteiger partial charge < -0.3 is 19.5 Å². The molecule has 12 heteroatoms. The minimum atomic E-state index is -0.926. The SMILES string of the molecule is Cc1cc(-c2nnc(-c3cc(F)c(OC[C@H]4[C@H](C)OC(C)(C)N4C(=O)OC(C)(C)C)cc3Cl)s2)cc(NC(C)C)n1. The molecule has 0 unspecified atom stereocenters. The van der Waals surface area contributed by atoms with E-state index < -0.39 is 29.3 Å². The number of ether oxygens (including phenoxy) is 3. The molecule has 222 valence electrons. The molecule has 1 aliphatic rings. The predicted molar refractivity (Wildman–Crippen MR) is 159 cm³/mol. The lowest BCUT2D eigenvalue weighted by Gasteiger charge is -2.35. The lowest BCUT2D eigenvalue weighted by Crippen LogP contribution is -2.52. The molecule has 0 spiro atoms. The van der Waals surface area contributed by atoms with Gasteiger partial charge in [0.2, 0.25) is 0 Å². The molecule has 4 rings (SSSR count). The summed E-state index contributed by atoms with van der Waals surface area (Å²) in [5.74, 6) is 0.0885. The highest BCUT2D eigenvalue weighted by Crippen LogP contribution is 2.39. The molecular formula is C29H37ClFN5O4S. The third-order valence-electron chi connectivity index (χ3n) is 6.24. The number of hydrogen-bond acceptors (Lipinski definition) is 9. The minimum absolute atomic E-state index is 0.0203. The van der Waals surface area contributed by atoms with Crippen molar-refractivity contribution in [2.75, 3.05) is 11.9 Å². The normalized spacial score (nSPS) is 18.6. The van der Waals surface area contributed by atoms with Gasteiger partial charge in [0.1, 0.15) is 33.8 Å². The standard InChI is InChI=1S/C29H37ClFN5O4S/c1-15(2)32-24-11-18(10-16(3)33-24)25-34-35-26(41-25)19-12-21(31)23(13-20(19)30)38-14-22-17(4)39-29(8,9)36(22)27(37)40-28(5,6)7/h10-13,15,17,22H,14H2,1-9H3,(H,32,33)/t17-,22-/m0/s1. The van der Waals surface area contributed by atoms with E-state index in [4.69, 9.17) is 25.8 Å². The van der Waals surface area contributed by atoms with Gasteiger partial charge in [-0.25, -0.2) is 14.2 Å². The molecule has 1 aliphatic heterocycles. The van der Waals surface area contributed by atoms with Crippen LogP contribution in [0.25, 0.3) is 21.1 Å². The van der Waals surface area contributed by atoms with Crippen LogP contribution in [0.1, 0.15) is 61.1 Å². The molecule has 2 aromatic heterocycles. The van der Waals surface area contributed by atoms with Crippen LogP contribution in [0.4, 0.5) is 15.0 Å². The fourth-order valence-corrected chi connectivity index (χ4v) is 5.82. The van der Waals surface area contributed by atoms with Crippen LogP contribution in [0.3, 0.4) is 0 Å². The van der Waals surface area contributed by atoms with E-state index in [1.165, 1.54) is 28.4 Å². The maximum atomic E-state index is 15.3. The van der Waals surface area contributed by atoms with Crippen molar-refractivity contribution in [3.63, 3.8) is 0 Å². The summed E-state index contributed by atoms with van der Waals surface area (Å²) in [6.07, 6.45) is -0.902. The monoisotopic (exact) mass is 605 g/mol. The van der Waals surface area contributed by atoms with E-state index in [1.54, 1.807) is 34.6 Å². The van der Waals surface area contributed by atoms with Crippen molar-refractivity contribution in [2.45, 2.75) is 91.8 Å². The number of pyridine rings is 1. The molecule has 1 saturated heterocycles.